The third kappa shape index (κ3) is 4.95. The zero-order valence-corrected chi connectivity index (χ0v) is 19.3. The van der Waals surface area contributed by atoms with Gasteiger partial charge in [0.2, 0.25) is 11.8 Å². The molecule has 0 bridgehead atoms. The molecular formula is C23H33N3O4S. The van der Waals surface area contributed by atoms with Crippen LogP contribution in [-0.2, 0) is 32.4 Å². The largest absolute Gasteiger partial charge is 0.338 e. The fraction of sp³-hybridized carbons (Fsp3) is 0.652. The van der Waals surface area contributed by atoms with Crippen LogP contribution in [0.3, 0.4) is 0 Å². The van der Waals surface area contributed by atoms with E-state index in [-0.39, 0.29) is 35.3 Å². The summed E-state index contributed by atoms with van der Waals surface area (Å²) in [4.78, 5) is 32.4. The molecule has 2 atom stereocenters. The molecule has 0 aromatic heterocycles. The maximum Gasteiger partial charge on any atom is 0.245 e. The highest BCUT2D eigenvalue weighted by Gasteiger charge is 2.39. The minimum Gasteiger partial charge on any atom is -0.338 e. The number of benzene rings is 1. The zero-order valence-electron chi connectivity index (χ0n) is 18.5. The van der Waals surface area contributed by atoms with Crippen LogP contribution in [0.4, 0.5) is 0 Å². The Morgan fingerprint density at radius 1 is 1.06 bits per heavy atom. The highest BCUT2D eigenvalue weighted by Crippen LogP contribution is 2.27. The fourth-order valence-corrected chi connectivity index (χ4v) is 6.82. The maximum atomic E-state index is 13.5. The number of nitrogens with zero attached hydrogens (tertiary/aromatic N) is 3. The highest BCUT2D eigenvalue weighted by atomic mass is 32.2. The number of fused-ring (bicyclic) bond motifs is 1. The summed E-state index contributed by atoms with van der Waals surface area (Å²) in [5.41, 5.74) is 2.26. The molecule has 2 amide bonds. The molecule has 4 rings (SSSR count). The van der Waals surface area contributed by atoms with Gasteiger partial charge in [-0.3, -0.25) is 14.5 Å². The van der Waals surface area contributed by atoms with Gasteiger partial charge < -0.3 is 9.80 Å². The Bertz CT molecular complexity index is 938. The van der Waals surface area contributed by atoms with E-state index in [2.05, 4.69) is 11.0 Å². The summed E-state index contributed by atoms with van der Waals surface area (Å²) in [6, 6.07) is 7.68. The normalized spacial score (nSPS) is 26.2. The Labute approximate surface area is 185 Å². The molecule has 1 aromatic rings. The number of carbonyl (C=O) groups excluding carboxylic acids is 2. The summed E-state index contributed by atoms with van der Waals surface area (Å²) in [5.74, 6) is 0.804. The predicted octanol–water partition coefficient (Wildman–Crippen LogP) is 1.32. The molecule has 0 saturated carbocycles. The van der Waals surface area contributed by atoms with Gasteiger partial charge in [-0.1, -0.05) is 38.1 Å². The lowest BCUT2D eigenvalue weighted by Crippen LogP contribution is -2.58. The number of piperazine rings is 1. The Balaban J connectivity index is 1.45. The van der Waals surface area contributed by atoms with Crippen molar-refractivity contribution in [3.8, 4) is 0 Å². The lowest BCUT2D eigenvalue weighted by Gasteiger charge is -2.42. The monoisotopic (exact) mass is 447 g/mol. The number of carbonyl (C=O) groups is 2. The number of sulfone groups is 1. The first-order valence-corrected chi connectivity index (χ1v) is 13.1. The molecule has 8 heteroatoms. The molecule has 2 unspecified atom stereocenters. The second kappa shape index (κ2) is 8.90. The van der Waals surface area contributed by atoms with E-state index in [1.54, 1.807) is 4.90 Å². The van der Waals surface area contributed by atoms with Crippen LogP contribution in [0.5, 0.6) is 0 Å². The van der Waals surface area contributed by atoms with Crippen molar-refractivity contribution in [2.24, 2.45) is 5.92 Å². The van der Waals surface area contributed by atoms with Gasteiger partial charge in [-0.05, 0) is 23.5 Å². The Kier molecular flexibility index (Phi) is 6.40. The lowest BCUT2D eigenvalue weighted by molar-refractivity contribution is -0.148. The molecule has 31 heavy (non-hydrogen) atoms. The summed E-state index contributed by atoms with van der Waals surface area (Å²) in [7, 11) is -2.91. The van der Waals surface area contributed by atoms with Crippen molar-refractivity contribution in [3.05, 3.63) is 35.4 Å². The van der Waals surface area contributed by atoms with Gasteiger partial charge in [0, 0.05) is 51.6 Å². The summed E-state index contributed by atoms with van der Waals surface area (Å²) < 4.78 is 23.6. The van der Waals surface area contributed by atoms with E-state index in [4.69, 9.17) is 0 Å². The van der Waals surface area contributed by atoms with Gasteiger partial charge in [-0.25, -0.2) is 8.42 Å². The Morgan fingerprint density at radius 2 is 1.74 bits per heavy atom. The third-order valence-electron chi connectivity index (χ3n) is 6.79. The molecule has 2 saturated heterocycles. The van der Waals surface area contributed by atoms with E-state index in [1.165, 1.54) is 0 Å². The van der Waals surface area contributed by atoms with Gasteiger partial charge in [0.25, 0.3) is 0 Å². The molecule has 3 aliphatic heterocycles. The highest BCUT2D eigenvalue weighted by molar-refractivity contribution is 7.91. The van der Waals surface area contributed by atoms with Crippen LogP contribution in [0.2, 0.25) is 0 Å². The molecule has 0 N–H and O–H groups in total. The molecule has 170 valence electrons. The first-order chi connectivity index (χ1) is 14.7. The van der Waals surface area contributed by atoms with Gasteiger partial charge in [-0.15, -0.1) is 0 Å². The summed E-state index contributed by atoms with van der Waals surface area (Å²) in [6.45, 7) is 7.08. The van der Waals surface area contributed by atoms with Gasteiger partial charge in [0.1, 0.15) is 6.04 Å². The number of hydrogen-bond donors (Lipinski definition) is 0. The van der Waals surface area contributed by atoms with Crippen molar-refractivity contribution in [3.63, 3.8) is 0 Å². The van der Waals surface area contributed by atoms with E-state index in [1.807, 2.05) is 36.9 Å². The quantitative estimate of drug-likeness (QED) is 0.696. The number of hydrogen-bond acceptors (Lipinski definition) is 5. The Morgan fingerprint density at radius 3 is 2.35 bits per heavy atom. The van der Waals surface area contributed by atoms with Gasteiger partial charge in [-0.2, -0.15) is 0 Å². The van der Waals surface area contributed by atoms with E-state index in [0.717, 1.165) is 11.1 Å². The smallest absolute Gasteiger partial charge is 0.245 e. The van der Waals surface area contributed by atoms with Gasteiger partial charge in [0.15, 0.2) is 9.84 Å². The molecule has 3 aliphatic rings. The lowest BCUT2D eigenvalue weighted by atomic mass is 9.92. The van der Waals surface area contributed by atoms with Gasteiger partial charge in [0.05, 0.1) is 11.5 Å². The molecule has 0 radical (unpaired) electrons. The van der Waals surface area contributed by atoms with Crippen LogP contribution >= 0.6 is 0 Å². The minimum atomic E-state index is -2.91. The average Bonchev–Trinajstić information content (AvgIpc) is 3.11. The second-order valence-corrected chi connectivity index (χ2v) is 11.8. The topological polar surface area (TPSA) is 78.0 Å². The molecular weight excluding hydrogens is 414 g/mol. The minimum absolute atomic E-state index is 0.0188. The van der Waals surface area contributed by atoms with Crippen molar-refractivity contribution in [1.29, 1.82) is 0 Å². The van der Waals surface area contributed by atoms with Crippen LogP contribution in [-0.4, -0.2) is 84.7 Å². The number of amides is 2. The first kappa shape index (κ1) is 22.3. The van der Waals surface area contributed by atoms with Crippen molar-refractivity contribution in [2.75, 3.05) is 37.7 Å². The van der Waals surface area contributed by atoms with Crippen LogP contribution in [0.25, 0.3) is 0 Å². The summed E-state index contributed by atoms with van der Waals surface area (Å²) in [6.07, 6.45) is 1.68. The van der Waals surface area contributed by atoms with Gasteiger partial charge >= 0.3 is 0 Å². The van der Waals surface area contributed by atoms with Crippen molar-refractivity contribution in [2.45, 2.75) is 51.7 Å². The van der Waals surface area contributed by atoms with Crippen LogP contribution in [0, 0.1) is 5.92 Å². The predicted molar refractivity (Wildman–Crippen MR) is 119 cm³/mol. The van der Waals surface area contributed by atoms with Crippen molar-refractivity contribution < 1.29 is 18.0 Å². The molecule has 2 fully saturated rings. The standard InChI is InChI=1S/C23H33N3O4S/c1-17(2)13-22(27)26-15-19-6-4-3-5-18(19)14-21(26)23(28)25-10-8-24(9-11-25)20-7-12-31(29,30)16-20/h3-6,17,20-21H,7-16H2,1-2H3. The van der Waals surface area contributed by atoms with E-state index >= 15 is 0 Å². The summed E-state index contributed by atoms with van der Waals surface area (Å²) >= 11 is 0. The Hall–Kier alpha value is -1.93. The van der Waals surface area contributed by atoms with Crippen molar-refractivity contribution >= 4 is 21.7 Å². The van der Waals surface area contributed by atoms with Crippen LogP contribution in [0.1, 0.15) is 37.8 Å². The van der Waals surface area contributed by atoms with Crippen molar-refractivity contribution in [1.82, 2.24) is 14.7 Å². The first-order valence-electron chi connectivity index (χ1n) is 11.3. The van der Waals surface area contributed by atoms with E-state index in [0.29, 0.717) is 52.0 Å². The van der Waals surface area contributed by atoms with Crippen LogP contribution < -0.4 is 0 Å². The average molecular weight is 448 g/mol. The zero-order chi connectivity index (χ0) is 22.2. The maximum absolute atomic E-state index is 13.5. The SMILES string of the molecule is CC(C)CC(=O)N1Cc2ccccc2CC1C(=O)N1CCN(C2CCS(=O)(=O)C2)CC1. The van der Waals surface area contributed by atoms with Crippen LogP contribution in [0.15, 0.2) is 24.3 Å². The molecule has 1 aromatic carbocycles. The molecule has 3 heterocycles. The van der Waals surface area contributed by atoms with E-state index < -0.39 is 15.9 Å². The van der Waals surface area contributed by atoms with E-state index in [9.17, 15) is 18.0 Å². The third-order valence-corrected chi connectivity index (χ3v) is 8.54. The molecule has 0 spiro atoms. The number of rotatable bonds is 4. The fourth-order valence-electron chi connectivity index (χ4n) is 5.05. The molecule has 7 nitrogen and oxygen atoms in total. The molecule has 0 aliphatic carbocycles. The summed E-state index contributed by atoms with van der Waals surface area (Å²) in [5, 5.41) is 0. The second-order valence-electron chi connectivity index (χ2n) is 9.53.